The van der Waals surface area contributed by atoms with Crippen LogP contribution < -0.4 is 5.32 Å². The van der Waals surface area contributed by atoms with Crippen molar-refractivity contribution in [3.8, 4) is 0 Å². The van der Waals surface area contributed by atoms with Crippen LogP contribution in [0.2, 0.25) is 0 Å². The SMILES string of the molecule is CCCCC/C=C\C/C=C\CCCCCCCCCC(=O)OCCCCCCCCC/C=C\CCCCCCCC(=O)NC(CO)C(O)CCCCCCCCCCCCCCCCCCCCC. The van der Waals surface area contributed by atoms with Gasteiger partial charge in [0.15, 0.2) is 0 Å². The maximum absolute atomic E-state index is 12.5. The van der Waals surface area contributed by atoms with Gasteiger partial charge in [-0.3, -0.25) is 9.59 Å². The third-order valence-corrected chi connectivity index (χ3v) is 14.2. The number of unbranched alkanes of at least 4 members (excludes halogenated alkanes) is 40. The van der Waals surface area contributed by atoms with Crippen LogP contribution in [0.4, 0.5) is 0 Å². The van der Waals surface area contributed by atoms with Crippen molar-refractivity contribution in [3.05, 3.63) is 36.5 Å². The highest BCUT2D eigenvalue weighted by Crippen LogP contribution is 2.17. The smallest absolute Gasteiger partial charge is 0.305 e. The van der Waals surface area contributed by atoms with E-state index < -0.39 is 12.1 Å². The average Bonchev–Trinajstić information content (AvgIpc) is 3.35. The molecule has 0 aromatic carbocycles. The Hall–Kier alpha value is -1.92. The van der Waals surface area contributed by atoms with E-state index in [1.165, 1.54) is 225 Å². The number of aliphatic hydroxyl groups excluding tert-OH is 2. The summed E-state index contributed by atoms with van der Waals surface area (Å²) in [6, 6.07) is -0.555. The van der Waals surface area contributed by atoms with Crippen molar-refractivity contribution in [3.63, 3.8) is 0 Å². The van der Waals surface area contributed by atoms with Gasteiger partial charge in [-0.25, -0.2) is 0 Å². The highest BCUT2D eigenvalue weighted by molar-refractivity contribution is 5.76. The molecule has 69 heavy (non-hydrogen) atoms. The molecule has 0 spiro atoms. The molecule has 6 heteroatoms. The Kier molecular flexibility index (Phi) is 57.0. The highest BCUT2D eigenvalue weighted by atomic mass is 16.5. The van der Waals surface area contributed by atoms with Gasteiger partial charge in [0.05, 0.1) is 25.4 Å². The van der Waals surface area contributed by atoms with Gasteiger partial charge in [-0.05, 0) is 83.5 Å². The van der Waals surface area contributed by atoms with Gasteiger partial charge in [-0.2, -0.15) is 0 Å². The first kappa shape index (κ1) is 67.1. The number of nitrogens with one attached hydrogen (secondary N) is 1. The summed E-state index contributed by atoms with van der Waals surface area (Å²) in [6.45, 7) is 4.92. The van der Waals surface area contributed by atoms with Crippen molar-refractivity contribution >= 4 is 11.9 Å². The molecule has 6 nitrogen and oxygen atoms in total. The van der Waals surface area contributed by atoms with Crippen molar-refractivity contribution < 1.29 is 24.5 Å². The second kappa shape index (κ2) is 58.6. The number of esters is 1. The number of aliphatic hydroxyl groups is 2. The van der Waals surface area contributed by atoms with E-state index in [9.17, 15) is 19.8 Å². The second-order valence-corrected chi connectivity index (χ2v) is 21.0. The second-order valence-electron chi connectivity index (χ2n) is 21.0. The fourth-order valence-corrected chi connectivity index (χ4v) is 9.43. The summed E-state index contributed by atoms with van der Waals surface area (Å²) in [4.78, 5) is 24.6. The lowest BCUT2D eigenvalue weighted by Crippen LogP contribution is -2.45. The highest BCUT2D eigenvalue weighted by Gasteiger charge is 2.20. The van der Waals surface area contributed by atoms with Crippen LogP contribution in [0.5, 0.6) is 0 Å². The summed E-state index contributed by atoms with van der Waals surface area (Å²) >= 11 is 0. The minimum absolute atomic E-state index is 0.0102. The van der Waals surface area contributed by atoms with Gasteiger partial charge >= 0.3 is 5.97 Å². The Bertz CT molecular complexity index is 1120. The van der Waals surface area contributed by atoms with E-state index in [0.717, 1.165) is 70.6 Å². The molecule has 0 aromatic heterocycles. The van der Waals surface area contributed by atoms with Crippen LogP contribution in [-0.2, 0) is 14.3 Å². The first-order valence-electron chi connectivity index (χ1n) is 30.7. The van der Waals surface area contributed by atoms with E-state index in [1.807, 2.05) is 0 Å². The zero-order valence-electron chi connectivity index (χ0n) is 46.3. The van der Waals surface area contributed by atoms with E-state index >= 15 is 0 Å². The molecule has 0 aliphatic rings. The molecule has 0 bridgehead atoms. The Morgan fingerprint density at radius 3 is 1.14 bits per heavy atom. The molecule has 0 heterocycles. The Morgan fingerprint density at radius 2 is 0.725 bits per heavy atom. The zero-order valence-corrected chi connectivity index (χ0v) is 46.3. The molecular weight excluding hydrogens is 851 g/mol. The molecule has 2 unspecified atom stereocenters. The molecule has 406 valence electrons. The Balaban J connectivity index is 3.46. The Labute approximate surface area is 430 Å². The predicted octanol–water partition coefficient (Wildman–Crippen LogP) is 19.2. The standard InChI is InChI=1S/C63H119NO5/c1-3-5-7-9-11-13-15-17-19-21-22-24-27-31-35-39-43-47-51-55-61(66)60(59-65)64-62(67)56-52-48-44-40-36-32-28-25-26-30-34-38-42-46-50-54-58-69-63(68)57-53-49-45-41-37-33-29-23-20-18-16-14-12-10-8-6-4-2/h12,14,18,20,25,28,60-61,65-66H,3-11,13,15-17,19,21-24,26-27,29-59H2,1-2H3,(H,64,67)/b14-12-,20-18-,28-25-. The van der Waals surface area contributed by atoms with Crippen molar-refractivity contribution in [2.45, 2.75) is 341 Å². The molecule has 0 radical (unpaired) electrons. The third kappa shape index (κ3) is 55.2. The summed E-state index contributed by atoms with van der Waals surface area (Å²) < 4.78 is 5.48. The van der Waals surface area contributed by atoms with Gasteiger partial charge in [0.25, 0.3) is 0 Å². The average molecular weight is 971 g/mol. The maximum atomic E-state index is 12.5. The quantitative estimate of drug-likeness (QED) is 0.0321. The lowest BCUT2D eigenvalue weighted by atomic mass is 10.0. The number of rotatable bonds is 57. The number of hydrogen-bond acceptors (Lipinski definition) is 5. The molecule has 0 rings (SSSR count). The number of allylic oxidation sites excluding steroid dienone is 6. The van der Waals surface area contributed by atoms with Gasteiger partial charge in [0.1, 0.15) is 0 Å². The molecule has 1 amide bonds. The van der Waals surface area contributed by atoms with Crippen molar-refractivity contribution in [1.29, 1.82) is 0 Å². The van der Waals surface area contributed by atoms with Crippen LogP contribution in [0, 0.1) is 0 Å². The lowest BCUT2D eigenvalue weighted by Gasteiger charge is -2.22. The fourth-order valence-electron chi connectivity index (χ4n) is 9.43. The summed E-state index contributed by atoms with van der Waals surface area (Å²) in [5.41, 5.74) is 0. The van der Waals surface area contributed by atoms with Crippen LogP contribution in [0.25, 0.3) is 0 Å². The summed E-state index contributed by atoms with van der Waals surface area (Å²) in [5.74, 6) is -0.0604. The molecular formula is C63H119NO5. The Morgan fingerprint density at radius 1 is 0.406 bits per heavy atom. The van der Waals surface area contributed by atoms with Crippen molar-refractivity contribution in [2.24, 2.45) is 0 Å². The fraction of sp³-hybridized carbons (Fsp3) is 0.873. The minimum Gasteiger partial charge on any atom is -0.466 e. The van der Waals surface area contributed by atoms with E-state index in [0.29, 0.717) is 25.9 Å². The maximum Gasteiger partial charge on any atom is 0.305 e. The minimum atomic E-state index is -0.676. The summed E-state index contributed by atoms with van der Waals surface area (Å²) in [6.07, 6.45) is 72.8. The van der Waals surface area contributed by atoms with Crippen molar-refractivity contribution in [1.82, 2.24) is 5.32 Å². The van der Waals surface area contributed by atoms with E-state index in [2.05, 4.69) is 55.6 Å². The first-order valence-corrected chi connectivity index (χ1v) is 30.7. The van der Waals surface area contributed by atoms with Gasteiger partial charge < -0.3 is 20.3 Å². The zero-order chi connectivity index (χ0) is 50.0. The molecule has 0 fully saturated rings. The number of ether oxygens (including phenoxy) is 1. The molecule has 3 N–H and O–H groups in total. The third-order valence-electron chi connectivity index (χ3n) is 14.2. The molecule has 0 aliphatic heterocycles. The molecule has 0 aromatic rings. The van der Waals surface area contributed by atoms with Crippen LogP contribution >= 0.6 is 0 Å². The van der Waals surface area contributed by atoms with Crippen molar-refractivity contribution in [2.75, 3.05) is 13.2 Å². The van der Waals surface area contributed by atoms with E-state index in [1.54, 1.807) is 0 Å². The number of amides is 1. The van der Waals surface area contributed by atoms with Gasteiger partial charge in [-0.15, -0.1) is 0 Å². The largest absolute Gasteiger partial charge is 0.466 e. The number of hydrogen-bond donors (Lipinski definition) is 3. The normalized spacial score (nSPS) is 12.8. The number of carbonyl (C=O) groups excluding carboxylic acids is 2. The topological polar surface area (TPSA) is 95.9 Å². The van der Waals surface area contributed by atoms with E-state index in [4.69, 9.17) is 4.74 Å². The molecule has 0 aliphatic carbocycles. The van der Waals surface area contributed by atoms with Gasteiger partial charge in [0.2, 0.25) is 5.91 Å². The van der Waals surface area contributed by atoms with Crippen LogP contribution in [0.15, 0.2) is 36.5 Å². The van der Waals surface area contributed by atoms with E-state index in [-0.39, 0.29) is 18.5 Å². The number of carbonyl (C=O) groups is 2. The lowest BCUT2D eigenvalue weighted by molar-refractivity contribution is -0.143. The molecule has 2 atom stereocenters. The van der Waals surface area contributed by atoms with Gasteiger partial charge in [-0.1, -0.05) is 269 Å². The van der Waals surface area contributed by atoms with Crippen LogP contribution in [-0.4, -0.2) is 47.4 Å². The first-order chi connectivity index (χ1) is 34.0. The summed E-state index contributed by atoms with van der Waals surface area (Å²) in [7, 11) is 0. The summed E-state index contributed by atoms with van der Waals surface area (Å²) in [5, 5.41) is 23.3. The van der Waals surface area contributed by atoms with Crippen LogP contribution in [0.3, 0.4) is 0 Å². The van der Waals surface area contributed by atoms with Crippen LogP contribution in [0.1, 0.15) is 328 Å². The predicted molar refractivity (Wildman–Crippen MR) is 301 cm³/mol. The monoisotopic (exact) mass is 970 g/mol. The molecule has 0 saturated carbocycles. The van der Waals surface area contributed by atoms with Gasteiger partial charge in [0, 0.05) is 12.8 Å². The molecule has 0 saturated heterocycles.